The highest BCUT2D eigenvalue weighted by Gasteiger charge is 2.21. The molecule has 0 aliphatic heterocycles. The van der Waals surface area contributed by atoms with Crippen molar-refractivity contribution in [3.05, 3.63) is 72.3 Å². The lowest BCUT2D eigenvalue weighted by Crippen LogP contribution is -2.22. The van der Waals surface area contributed by atoms with Crippen molar-refractivity contribution in [2.45, 2.75) is 0 Å². The standard InChI is InChI=1S/C19H12FN3O2/c20-12-6-7-13-14(10-22-16(13)9-12)18(24)19(25)23-15-5-1-3-11-4-2-8-21-17(11)15/h1-10,22H,(H,23,25). The molecule has 2 N–H and O–H groups in total. The van der Waals surface area contributed by atoms with Crippen molar-refractivity contribution in [3.63, 3.8) is 0 Å². The summed E-state index contributed by atoms with van der Waals surface area (Å²) < 4.78 is 13.3. The minimum atomic E-state index is -0.775. The predicted octanol–water partition coefficient (Wildman–Crippen LogP) is 3.68. The predicted molar refractivity (Wildman–Crippen MR) is 93.0 cm³/mol. The number of rotatable bonds is 3. The van der Waals surface area contributed by atoms with E-state index in [-0.39, 0.29) is 5.56 Å². The van der Waals surface area contributed by atoms with Crippen molar-refractivity contribution in [1.82, 2.24) is 9.97 Å². The SMILES string of the molecule is O=C(Nc1cccc2cccnc12)C(=O)c1c[nH]c2cc(F)ccc12. The zero-order valence-electron chi connectivity index (χ0n) is 12.9. The zero-order valence-corrected chi connectivity index (χ0v) is 12.9. The molecule has 122 valence electrons. The molecule has 5 nitrogen and oxygen atoms in total. The second-order valence-electron chi connectivity index (χ2n) is 5.56. The number of aromatic nitrogens is 2. The number of amides is 1. The Hall–Kier alpha value is -3.54. The molecule has 2 heterocycles. The van der Waals surface area contributed by atoms with E-state index in [0.29, 0.717) is 22.1 Å². The lowest BCUT2D eigenvalue weighted by atomic mass is 10.1. The summed E-state index contributed by atoms with van der Waals surface area (Å²) in [5, 5.41) is 3.96. The fourth-order valence-electron chi connectivity index (χ4n) is 2.79. The number of aromatic amines is 1. The first-order valence-electron chi connectivity index (χ1n) is 7.59. The zero-order chi connectivity index (χ0) is 17.4. The molecule has 0 bridgehead atoms. The first-order valence-corrected chi connectivity index (χ1v) is 7.59. The van der Waals surface area contributed by atoms with Crippen LogP contribution in [-0.2, 0) is 4.79 Å². The average Bonchev–Trinajstić information content (AvgIpc) is 3.04. The number of nitrogens with one attached hydrogen (secondary N) is 2. The molecule has 0 unspecified atom stereocenters. The van der Waals surface area contributed by atoms with Crippen molar-refractivity contribution < 1.29 is 14.0 Å². The second kappa shape index (κ2) is 5.83. The van der Waals surface area contributed by atoms with E-state index in [9.17, 15) is 14.0 Å². The lowest BCUT2D eigenvalue weighted by molar-refractivity contribution is -0.112. The molecule has 0 radical (unpaired) electrons. The van der Waals surface area contributed by atoms with E-state index in [2.05, 4.69) is 15.3 Å². The Labute approximate surface area is 141 Å². The number of para-hydroxylation sites is 1. The molecule has 0 fully saturated rings. The van der Waals surface area contributed by atoms with E-state index in [4.69, 9.17) is 0 Å². The number of ketones is 1. The van der Waals surface area contributed by atoms with Crippen molar-refractivity contribution in [2.75, 3.05) is 5.32 Å². The van der Waals surface area contributed by atoms with Gasteiger partial charge in [-0.15, -0.1) is 0 Å². The highest BCUT2D eigenvalue weighted by atomic mass is 19.1. The normalized spacial score (nSPS) is 10.9. The molecule has 1 amide bonds. The van der Waals surface area contributed by atoms with Gasteiger partial charge in [0.05, 0.1) is 16.8 Å². The van der Waals surface area contributed by atoms with Gasteiger partial charge in [0.15, 0.2) is 0 Å². The minimum Gasteiger partial charge on any atom is -0.360 e. The number of carbonyl (C=O) groups excluding carboxylic acids is 2. The summed E-state index contributed by atoms with van der Waals surface area (Å²) in [4.78, 5) is 31.9. The topological polar surface area (TPSA) is 74.8 Å². The van der Waals surface area contributed by atoms with Crippen molar-refractivity contribution in [3.8, 4) is 0 Å². The first-order chi connectivity index (χ1) is 12.1. The Kier molecular flexibility index (Phi) is 3.50. The number of hydrogen-bond acceptors (Lipinski definition) is 3. The van der Waals surface area contributed by atoms with Crippen LogP contribution >= 0.6 is 0 Å². The van der Waals surface area contributed by atoms with Gasteiger partial charge in [-0.25, -0.2) is 4.39 Å². The fraction of sp³-hybridized carbons (Fsp3) is 0. The van der Waals surface area contributed by atoms with Gasteiger partial charge in [-0.3, -0.25) is 14.6 Å². The number of fused-ring (bicyclic) bond motifs is 2. The minimum absolute atomic E-state index is 0.195. The third kappa shape index (κ3) is 2.63. The molecule has 25 heavy (non-hydrogen) atoms. The smallest absolute Gasteiger partial charge is 0.296 e. The van der Waals surface area contributed by atoms with Crippen LogP contribution in [0.5, 0.6) is 0 Å². The monoisotopic (exact) mass is 333 g/mol. The van der Waals surface area contributed by atoms with Crippen molar-refractivity contribution in [2.24, 2.45) is 0 Å². The summed E-state index contributed by atoms with van der Waals surface area (Å²) in [6.45, 7) is 0. The average molecular weight is 333 g/mol. The summed E-state index contributed by atoms with van der Waals surface area (Å²) in [5.41, 5.74) is 1.72. The highest BCUT2D eigenvalue weighted by molar-refractivity contribution is 6.48. The maximum atomic E-state index is 13.3. The molecule has 4 aromatic rings. The van der Waals surface area contributed by atoms with Crippen LogP contribution < -0.4 is 5.32 Å². The summed E-state index contributed by atoms with van der Waals surface area (Å²) in [6, 6.07) is 13.0. The molecule has 0 saturated heterocycles. The van der Waals surface area contributed by atoms with E-state index in [1.54, 1.807) is 24.4 Å². The second-order valence-corrected chi connectivity index (χ2v) is 5.56. The van der Waals surface area contributed by atoms with Crippen LogP contribution in [0.4, 0.5) is 10.1 Å². The number of benzene rings is 2. The molecular weight excluding hydrogens is 321 g/mol. The third-order valence-corrected chi connectivity index (χ3v) is 3.98. The summed E-state index contributed by atoms with van der Waals surface area (Å²) >= 11 is 0. The van der Waals surface area contributed by atoms with E-state index >= 15 is 0 Å². The number of Topliss-reactive ketones (excluding diaryl/α,β-unsaturated/α-hetero) is 1. The van der Waals surface area contributed by atoms with Gasteiger partial charge in [0.2, 0.25) is 0 Å². The number of H-pyrrole nitrogens is 1. The van der Waals surface area contributed by atoms with Crippen molar-refractivity contribution in [1.29, 1.82) is 0 Å². The Bertz CT molecular complexity index is 1130. The number of hydrogen-bond donors (Lipinski definition) is 2. The van der Waals surface area contributed by atoms with Gasteiger partial charge < -0.3 is 10.3 Å². The summed E-state index contributed by atoms with van der Waals surface area (Å²) in [7, 11) is 0. The molecule has 0 aliphatic carbocycles. The van der Waals surface area contributed by atoms with Gasteiger partial charge >= 0.3 is 0 Å². The molecule has 2 aromatic heterocycles. The van der Waals surface area contributed by atoms with Crippen LogP contribution in [0.2, 0.25) is 0 Å². The van der Waals surface area contributed by atoms with Crippen LogP contribution in [0.3, 0.4) is 0 Å². The molecule has 0 aliphatic rings. The third-order valence-electron chi connectivity index (χ3n) is 3.98. The molecule has 6 heteroatoms. The first kappa shape index (κ1) is 15.0. The van der Waals surface area contributed by atoms with E-state index in [1.165, 1.54) is 24.4 Å². The number of halogens is 1. The quantitative estimate of drug-likeness (QED) is 0.444. The lowest BCUT2D eigenvalue weighted by Gasteiger charge is -2.07. The van der Waals surface area contributed by atoms with Crippen LogP contribution in [-0.4, -0.2) is 21.7 Å². The van der Waals surface area contributed by atoms with Crippen LogP contribution in [0.1, 0.15) is 10.4 Å². The number of pyridine rings is 1. The maximum Gasteiger partial charge on any atom is 0.296 e. The summed E-state index contributed by atoms with van der Waals surface area (Å²) in [5.74, 6) is -1.89. The van der Waals surface area contributed by atoms with E-state index in [1.807, 2.05) is 12.1 Å². The van der Waals surface area contributed by atoms with Crippen LogP contribution in [0.15, 0.2) is 60.9 Å². The Morgan fingerprint density at radius 2 is 1.92 bits per heavy atom. The molecule has 4 rings (SSSR count). The van der Waals surface area contributed by atoms with Crippen LogP contribution in [0, 0.1) is 5.82 Å². The van der Waals surface area contributed by atoms with Gasteiger partial charge in [-0.05, 0) is 30.3 Å². The molecule has 0 atom stereocenters. The summed E-state index contributed by atoms with van der Waals surface area (Å²) in [6.07, 6.45) is 3.03. The largest absolute Gasteiger partial charge is 0.360 e. The molecule has 2 aromatic carbocycles. The Balaban J connectivity index is 1.67. The van der Waals surface area contributed by atoms with Gasteiger partial charge in [0, 0.05) is 28.7 Å². The highest BCUT2D eigenvalue weighted by Crippen LogP contribution is 2.23. The molecular formula is C19H12FN3O2. The van der Waals surface area contributed by atoms with Gasteiger partial charge in [-0.1, -0.05) is 18.2 Å². The number of nitrogens with zero attached hydrogens (tertiary/aromatic N) is 1. The number of anilines is 1. The van der Waals surface area contributed by atoms with Gasteiger partial charge in [-0.2, -0.15) is 0 Å². The van der Waals surface area contributed by atoms with E-state index < -0.39 is 17.5 Å². The van der Waals surface area contributed by atoms with Crippen LogP contribution in [0.25, 0.3) is 21.8 Å². The van der Waals surface area contributed by atoms with Gasteiger partial charge in [0.25, 0.3) is 11.7 Å². The van der Waals surface area contributed by atoms with Crippen molar-refractivity contribution >= 4 is 39.2 Å². The van der Waals surface area contributed by atoms with Gasteiger partial charge in [0.1, 0.15) is 5.82 Å². The molecule has 0 saturated carbocycles. The maximum absolute atomic E-state index is 13.3. The molecule has 0 spiro atoms. The fourth-order valence-corrected chi connectivity index (χ4v) is 2.79. The van der Waals surface area contributed by atoms with E-state index in [0.717, 1.165) is 5.39 Å². The Morgan fingerprint density at radius 3 is 2.80 bits per heavy atom. The number of carbonyl (C=O) groups is 2. The Morgan fingerprint density at radius 1 is 1.08 bits per heavy atom.